The molecular weight excluding hydrogens is 177 g/mol. The van der Waals surface area contributed by atoms with E-state index in [1.165, 1.54) is 11.3 Å². The summed E-state index contributed by atoms with van der Waals surface area (Å²) in [5.41, 5.74) is 5.40. The average molecular weight is 184 g/mol. The van der Waals surface area contributed by atoms with E-state index in [1.54, 1.807) is 12.3 Å². The molecular formula is C5H7NNaOS2. The van der Waals surface area contributed by atoms with E-state index in [-0.39, 0.29) is 29.6 Å². The molecule has 2 nitrogen and oxygen atoms in total. The number of thiophene rings is 1. The molecule has 1 unspecified atom stereocenters. The van der Waals surface area contributed by atoms with E-state index in [2.05, 4.69) is 0 Å². The van der Waals surface area contributed by atoms with Crippen LogP contribution in [0.4, 0.5) is 5.00 Å². The summed E-state index contributed by atoms with van der Waals surface area (Å²) in [5.74, 6) is 0. The molecule has 1 atom stereocenters. The minimum atomic E-state index is -0.878. The third-order valence-electron chi connectivity index (χ3n) is 0.928. The molecule has 1 rings (SSSR count). The maximum absolute atomic E-state index is 10.7. The van der Waals surface area contributed by atoms with Crippen molar-refractivity contribution in [3.63, 3.8) is 0 Å². The van der Waals surface area contributed by atoms with Crippen LogP contribution in [0.2, 0.25) is 0 Å². The first-order valence-corrected chi connectivity index (χ1v) is 4.81. The van der Waals surface area contributed by atoms with E-state index in [4.69, 9.17) is 5.73 Å². The van der Waals surface area contributed by atoms with Crippen molar-refractivity contribution in [1.29, 1.82) is 0 Å². The van der Waals surface area contributed by atoms with Gasteiger partial charge in [-0.1, -0.05) is 0 Å². The Labute approximate surface area is 88.6 Å². The first kappa shape index (κ1) is 10.7. The molecule has 0 bridgehead atoms. The Morgan fingerprint density at radius 3 is 2.50 bits per heavy atom. The summed E-state index contributed by atoms with van der Waals surface area (Å²) in [7, 11) is -0.878. The van der Waals surface area contributed by atoms with Crippen LogP contribution in [0.1, 0.15) is 0 Å². The van der Waals surface area contributed by atoms with Crippen molar-refractivity contribution in [2.45, 2.75) is 4.90 Å². The fourth-order valence-electron chi connectivity index (χ4n) is 0.485. The van der Waals surface area contributed by atoms with Crippen molar-refractivity contribution in [2.24, 2.45) is 0 Å². The van der Waals surface area contributed by atoms with E-state index in [1.807, 2.05) is 5.38 Å². The van der Waals surface area contributed by atoms with Gasteiger partial charge in [-0.15, -0.1) is 11.3 Å². The average Bonchev–Trinajstić information content (AvgIpc) is 2.14. The van der Waals surface area contributed by atoms with Crippen molar-refractivity contribution in [3.05, 3.63) is 11.4 Å². The zero-order valence-corrected chi connectivity index (χ0v) is 9.59. The summed E-state index contributed by atoms with van der Waals surface area (Å²) in [6, 6.07) is 1.74. The Balaban J connectivity index is 0.000000810. The minimum Gasteiger partial charge on any atom is -0.391 e. The van der Waals surface area contributed by atoms with Crippen LogP contribution in [0.25, 0.3) is 0 Å². The van der Waals surface area contributed by atoms with Gasteiger partial charge in [0.2, 0.25) is 0 Å². The van der Waals surface area contributed by atoms with E-state index in [0.29, 0.717) is 0 Å². The van der Waals surface area contributed by atoms with Crippen molar-refractivity contribution in [1.82, 2.24) is 0 Å². The first-order chi connectivity index (χ1) is 4.20. The molecule has 1 heterocycles. The number of hydrogen-bond donors (Lipinski definition) is 1. The van der Waals surface area contributed by atoms with Crippen LogP contribution < -0.4 is 5.73 Å². The van der Waals surface area contributed by atoms with Gasteiger partial charge >= 0.3 is 0 Å². The zero-order chi connectivity index (χ0) is 6.85. The molecule has 0 aliphatic heterocycles. The third kappa shape index (κ3) is 2.72. The monoisotopic (exact) mass is 184 g/mol. The van der Waals surface area contributed by atoms with Crippen molar-refractivity contribution < 1.29 is 4.21 Å². The molecule has 1 aromatic rings. The Bertz CT molecular complexity index is 235. The van der Waals surface area contributed by atoms with Crippen LogP contribution in [-0.2, 0) is 10.8 Å². The molecule has 1 radical (unpaired) electrons. The summed E-state index contributed by atoms with van der Waals surface area (Å²) in [5, 5.41) is 2.53. The number of nitrogen functional groups attached to an aromatic ring is 1. The van der Waals surface area contributed by atoms with Gasteiger partial charge in [0.25, 0.3) is 0 Å². The predicted octanol–water partition coefficient (Wildman–Crippen LogP) is 0.687. The second-order valence-corrected chi connectivity index (χ2v) is 3.96. The Hall–Kier alpha value is 0.650. The molecule has 0 fully saturated rings. The normalized spacial score (nSPS) is 12.1. The van der Waals surface area contributed by atoms with Gasteiger partial charge in [0.05, 0.1) is 20.7 Å². The molecule has 1 aromatic heterocycles. The first-order valence-electron chi connectivity index (χ1n) is 2.37. The van der Waals surface area contributed by atoms with Gasteiger partial charge < -0.3 is 5.73 Å². The molecule has 0 aromatic carbocycles. The van der Waals surface area contributed by atoms with Gasteiger partial charge in [-0.05, 0) is 6.07 Å². The molecule has 0 spiro atoms. The maximum atomic E-state index is 10.7. The van der Waals surface area contributed by atoms with Crippen LogP contribution in [0.15, 0.2) is 16.3 Å². The van der Waals surface area contributed by atoms with Crippen LogP contribution in [-0.4, -0.2) is 40.0 Å². The molecule has 0 aliphatic carbocycles. The summed E-state index contributed by atoms with van der Waals surface area (Å²) >= 11 is 1.42. The molecule has 0 saturated carbocycles. The Kier molecular flexibility index (Phi) is 4.81. The fraction of sp³-hybridized carbons (Fsp3) is 0.200. The van der Waals surface area contributed by atoms with Gasteiger partial charge in [-0.3, -0.25) is 4.21 Å². The number of hydrogen-bond acceptors (Lipinski definition) is 3. The molecule has 0 aliphatic rings. The number of anilines is 1. The number of rotatable bonds is 1. The Morgan fingerprint density at radius 2 is 2.30 bits per heavy atom. The van der Waals surface area contributed by atoms with Crippen LogP contribution in [0, 0.1) is 0 Å². The van der Waals surface area contributed by atoms with Gasteiger partial charge in [0.15, 0.2) is 0 Å². The van der Waals surface area contributed by atoms with E-state index >= 15 is 0 Å². The summed E-state index contributed by atoms with van der Waals surface area (Å²) in [6.45, 7) is 0. The maximum Gasteiger partial charge on any atom is 0.0868 e. The molecule has 51 valence electrons. The van der Waals surface area contributed by atoms with Crippen LogP contribution in [0.5, 0.6) is 0 Å². The Morgan fingerprint density at radius 1 is 1.70 bits per heavy atom. The predicted molar refractivity (Wildman–Crippen MR) is 46.8 cm³/mol. The second kappa shape index (κ2) is 4.51. The third-order valence-corrected chi connectivity index (χ3v) is 2.74. The quantitative estimate of drug-likeness (QED) is 0.652. The summed E-state index contributed by atoms with van der Waals surface area (Å²) in [6.07, 6.45) is 1.64. The summed E-state index contributed by atoms with van der Waals surface area (Å²) < 4.78 is 10.7. The van der Waals surface area contributed by atoms with Crippen LogP contribution in [0.3, 0.4) is 0 Å². The van der Waals surface area contributed by atoms with Crippen molar-refractivity contribution >= 4 is 56.7 Å². The van der Waals surface area contributed by atoms with Gasteiger partial charge in [-0.2, -0.15) is 0 Å². The molecule has 5 heteroatoms. The molecule has 0 saturated heterocycles. The number of nitrogens with two attached hydrogens (primary N) is 1. The van der Waals surface area contributed by atoms with Gasteiger partial charge in [0.1, 0.15) is 0 Å². The van der Waals surface area contributed by atoms with E-state index in [0.717, 1.165) is 9.90 Å². The SMILES string of the molecule is CS(=O)c1csc(N)c1.[Na]. The van der Waals surface area contributed by atoms with E-state index < -0.39 is 10.8 Å². The van der Waals surface area contributed by atoms with Crippen LogP contribution >= 0.6 is 11.3 Å². The molecule has 2 N–H and O–H groups in total. The second-order valence-electron chi connectivity index (χ2n) is 1.64. The van der Waals surface area contributed by atoms with Gasteiger partial charge in [0, 0.05) is 41.2 Å². The standard InChI is InChI=1S/C5H7NOS2.Na/c1-9(7)4-2-5(6)8-3-4;/h2-3H,6H2,1H3;. The topological polar surface area (TPSA) is 43.1 Å². The van der Waals surface area contributed by atoms with Gasteiger partial charge in [-0.25, -0.2) is 0 Å². The largest absolute Gasteiger partial charge is 0.391 e. The summed E-state index contributed by atoms with van der Waals surface area (Å²) in [4.78, 5) is 0.817. The fourth-order valence-corrected chi connectivity index (χ4v) is 2.05. The van der Waals surface area contributed by atoms with Crippen molar-refractivity contribution in [2.75, 3.05) is 12.0 Å². The van der Waals surface area contributed by atoms with E-state index in [9.17, 15) is 4.21 Å². The minimum absolute atomic E-state index is 0. The van der Waals surface area contributed by atoms with Crippen molar-refractivity contribution in [3.8, 4) is 0 Å². The smallest absolute Gasteiger partial charge is 0.0868 e. The molecule has 0 amide bonds. The molecule has 10 heavy (non-hydrogen) atoms. The zero-order valence-electron chi connectivity index (χ0n) is 5.96.